The third-order valence-electron chi connectivity index (χ3n) is 2.52. The van der Waals surface area contributed by atoms with E-state index in [1.807, 2.05) is 45.0 Å². The highest BCUT2D eigenvalue weighted by Gasteiger charge is 2.10. The van der Waals surface area contributed by atoms with Gasteiger partial charge in [0.25, 0.3) is 0 Å². The first kappa shape index (κ1) is 12.6. The van der Waals surface area contributed by atoms with Crippen molar-refractivity contribution in [1.82, 2.24) is 4.98 Å². The Bertz CT molecular complexity index is 515. The monoisotopic (exact) mass is 246 g/mol. The van der Waals surface area contributed by atoms with Crippen molar-refractivity contribution < 1.29 is 9.15 Å². The van der Waals surface area contributed by atoms with Crippen LogP contribution in [0.5, 0.6) is 5.75 Å². The maximum Gasteiger partial charge on any atom is 0.208 e. The van der Waals surface area contributed by atoms with Gasteiger partial charge in [-0.2, -0.15) is 0 Å². The van der Waals surface area contributed by atoms with Crippen LogP contribution in [-0.2, 0) is 6.54 Å². The molecule has 18 heavy (non-hydrogen) atoms. The second-order valence-electron chi connectivity index (χ2n) is 4.41. The van der Waals surface area contributed by atoms with E-state index >= 15 is 0 Å². The Hall–Kier alpha value is -1.81. The number of nitrogens with zero attached hydrogens (tertiary/aromatic N) is 1. The molecule has 2 N–H and O–H groups in total. The first-order chi connectivity index (χ1) is 8.60. The molecule has 0 aliphatic carbocycles. The standard InChI is InChI=1S/C14H18N2O2/c1-9(2)17-12-6-4-11(5-7-12)14-10(3)18-13(8-15)16-14/h4-7,9H,8,15H2,1-3H3. The number of rotatable bonds is 4. The normalized spacial score (nSPS) is 10.9. The zero-order valence-corrected chi connectivity index (χ0v) is 10.9. The Balaban J connectivity index is 2.25. The number of aryl methyl sites for hydroxylation is 1. The van der Waals surface area contributed by atoms with Crippen molar-refractivity contribution in [3.05, 3.63) is 35.9 Å². The molecule has 0 unspecified atom stereocenters. The number of oxazole rings is 1. The van der Waals surface area contributed by atoms with Crippen molar-refractivity contribution in [2.24, 2.45) is 5.73 Å². The highest BCUT2D eigenvalue weighted by Crippen LogP contribution is 2.25. The van der Waals surface area contributed by atoms with Gasteiger partial charge in [0.15, 0.2) is 0 Å². The lowest BCUT2D eigenvalue weighted by Crippen LogP contribution is -2.05. The number of hydrogen-bond donors (Lipinski definition) is 1. The highest BCUT2D eigenvalue weighted by atomic mass is 16.5. The molecule has 1 heterocycles. The molecule has 0 bridgehead atoms. The van der Waals surface area contributed by atoms with E-state index in [-0.39, 0.29) is 6.10 Å². The molecule has 96 valence electrons. The lowest BCUT2D eigenvalue weighted by Gasteiger charge is -2.09. The topological polar surface area (TPSA) is 61.3 Å². The summed E-state index contributed by atoms with van der Waals surface area (Å²) in [6, 6.07) is 7.82. The number of benzene rings is 1. The van der Waals surface area contributed by atoms with E-state index < -0.39 is 0 Å². The SMILES string of the molecule is Cc1oc(CN)nc1-c1ccc(OC(C)C)cc1. The van der Waals surface area contributed by atoms with Crippen LogP contribution in [-0.4, -0.2) is 11.1 Å². The summed E-state index contributed by atoms with van der Waals surface area (Å²) in [6.07, 6.45) is 0.175. The third-order valence-corrected chi connectivity index (χ3v) is 2.52. The molecule has 0 atom stereocenters. The molecule has 0 saturated carbocycles. The van der Waals surface area contributed by atoms with E-state index in [1.165, 1.54) is 0 Å². The quantitative estimate of drug-likeness (QED) is 0.901. The first-order valence-electron chi connectivity index (χ1n) is 6.03. The molecule has 0 saturated heterocycles. The average molecular weight is 246 g/mol. The van der Waals surface area contributed by atoms with Gasteiger partial charge >= 0.3 is 0 Å². The van der Waals surface area contributed by atoms with Crippen LogP contribution in [0, 0.1) is 6.92 Å². The Kier molecular flexibility index (Phi) is 3.67. The number of aromatic nitrogens is 1. The average Bonchev–Trinajstić information content (AvgIpc) is 2.71. The predicted molar refractivity (Wildman–Crippen MR) is 70.3 cm³/mol. The van der Waals surface area contributed by atoms with Gasteiger partial charge in [-0.3, -0.25) is 0 Å². The number of hydrogen-bond acceptors (Lipinski definition) is 4. The Morgan fingerprint density at radius 1 is 1.28 bits per heavy atom. The van der Waals surface area contributed by atoms with Gasteiger partial charge in [-0.1, -0.05) is 0 Å². The van der Waals surface area contributed by atoms with E-state index in [9.17, 15) is 0 Å². The summed E-state index contributed by atoms with van der Waals surface area (Å²) in [5, 5.41) is 0. The van der Waals surface area contributed by atoms with Gasteiger partial charge in [-0.15, -0.1) is 0 Å². The first-order valence-corrected chi connectivity index (χ1v) is 6.03. The maximum absolute atomic E-state index is 5.60. The highest BCUT2D eigenvalue weighted by molar-refractivity contribution is 5.61. The van der Waals surface area contributed by atoms with E-state index in [2.05, 4.69) is 4.98 Å². The largest absolute Gasteiger partial charge is 0.491 e. The number of nitrogens with two attached hydrogens (primary N) is 1. The Labute approximate surface area is 107 Å². The molecular formula is C14H18N2O2. The van der Waals surface area contributed by atoms with Crippen LogP contribution in [0.25, 0.3) is 11.3 Å². The van der Waals surface area contributed by atoms with Crippen LogP contribution in [0.2, 0.25) is 0 Å². The molecule has 4 heteroatoms. The fourth-order valence-electron chi connectivity index (χ4n) is 1.77. The van der Waals surface area contributed by atoms with Crippen molar-refractivity contribution in [3.8, 4) is 17.0 Å². The van der Waals surface area contributed by atoms with E-state index in [0.29, 0.717) is 12.4 Å². The minimum atomic E-state index is 0.175. The molecule has 0 spiro atoms. The molecule has 0 aliphatic rings. The second kappa shape index (κ2) is 5.23. The molecule has 2 rings (SSSR count). The number of ether oxygens (including phenoxy) is 1. The van der Waals surface area contributed by atoms with Crippen LogP contribution in [0.3, 0.4) is 0 Å². The molecular weight excluding hydrogens is 228 g/mol. The summed E-state index contributed by atoms with van der Waals surface area (Å²) < 4.78 is 11.0. The summed E-state index contributed by atoms with van der Waals surface area (Å²) in [5.74, 6) is 2.20. The summed E-state index contributed by atoms with van der Waals surface area (Å²) >= 11 is 0. The van der Waals surface area contributed by atoms with Crippen LogP contribution in [0.4, 0.5) is 0 Å². The minimum Gasteiger partial charge on any atom is -0.491 e. The predicted octanol–water partition coefficient (Wildman–Crippen LogP) is 2.90. The van der Waals surface area contributed by atoms with Gasteiger partial charge < -0.3 is 14.9 Å². The van der Waals surface area contributed by atoms with Gasteiger partial charge in [0, 0.05) is 5.56 Å². The van der Waals surface area contributed by atoms with Crippen molar-refractivity contribution >= 4 is 0 Å². The van der Waals surface area contributed by atoms with Crippen LogP contribution in [0.1, 0.15) is 25.5 Å². The van der Waals surface area contributed by atoms with Gasteiger partial charge in [0.1, 0.15) is 17.2 Å². The van der Waals surface area contributed by atoms with Crippen molar-refractivity contribution in [1.29, 1.82) is 0 Å². The summed E-state index contributed by atoms with van der Waals surface area (Å²) in [6.45, 7) is 6.21. The molecule has 0 radical (unpaired) electrons. The molecule has 0 aliphatic heterocycles. The van der Waals surface area contributed by atoms with Crippen LogP contribution >= 0.6 is 0 Å². The Morgan fingerprint density at radius 3 is 2.44 bits per heavy atom. The fraction of sp³-hybridized carbons (Fsp3) is 0.357. The lowest BCUT2D eigenvalue weighted by atomic mass is 10.1. The molecule has 0 amide bonds. The smallest absolute Gasteiger partial charge is 0.208 e. The zero-order valence-electron chi connectivity index (χ0n) is 10.9. The molecule has 4 nitrogen and oxygen atoms in total. The third kappa shape index (κ3) is 2.71. The lowest BCUT2D eigenvalue weighted by molar-refractivity contribution is 0.242. The van der Waals surface area contributed by atoms with Crippen molar-refractivity contribution in [3.63, 3.8) is 0 Å². The summed E-state index contributed by atoms with van der Waals surface area (Å²) in [7, 11) is 0. The zero-order chi connectivity index (χ0) is 13.1. The fourth-order valence-corrected chi connectivity index (χ4v) is 1.77. The Morgan fingerprint density at radius 2 is 1.94 bits per heavy atom. The maximum atomic E-state index is 5.60. The molecule has 1 aromatic carbocycles. The van der Waals surface area contributed by atoms with Crippen molar-refractivity contribution in [2.45, 2.75) is 33.4 Å². The van der Waals surface area contributed by atoms with E-state index in [1.54, 1.807) is 0 Å². The van der Waals surface area contributed by atoms with Gasteiger partial charge in [0.2, 0.25) is 5.89 Å². The van der Waals surface area contributed by atoms with Crippen LogP contribution < -0.4 is 10.5 Å². The summed E-state index contributed by atoms with van der Waals surface area (Å²) in [4.78, 5) is 4.36. The molecule has 0 fully saturated rings. The molecule has 1 aromatic heterocycles. The second-order valence-corrected chi connectivity index (χ2v) is 4.41. The van der Waals surface area contributed by atoms with E-state index in [4.69, 9.17) is 14.9 Å². The van der Waals surface area contributed by atoms with Gasteiger partial charge in [0.05, 0.1) is 12.6 Å². The van der Waals surface area contributed by atoms with Gasteiger partial charge in [-0.25, -0.2) is 4.98 Å². The summed E-state index contributed by atoms with van der Waals surface area (Å²) in [5.41, 5.74) is 7.36. The van der Waals surface area contributed by atoms with E-state index in [0.717, 1.165) is 22.8 Å². The van der Waals surface area contributed by atoms with Gasteiger partial charge in [-0.05, 0) is 45.0 Å². The molecule has 2 aromatic rings. The van der Waals surface area contributed by atoms with Crippen LogP contribution in [0.15, 0.2) is 28.7 Å². The van der Waals surface area contributed by atoms with Crippen molar-refractivity contribution in [2.75, 3.05) is 0 Å². The minimum absolute atomic E-state index is 0.175.